The first-order valence-electron chi connectivity index (χ1n) is 8.32. The van der Waals surface area contributed by atoms with Crippen LogP contribution in [0.25, 0.3) is 0 Å². The first-order chi connectivity index (χ1) is 10.8. The van der Waals surface area contributed by atoms with Gasteiger partial charge in [-0.25, -0.2) is 14.8 Å². The Morgan fingerprint density at radius 1 is 1.39 bits per heavy atom. The molecular weight excluding hydrogens is 292 g/mol. The predicted octanol–water partition coefficient (Wildman–Crippen LogP) is 2.60. The van der Waals surface area contributed by atoms with E-state index in [1.54, 1.807) is 12.4 Å². The van der Waals surface area contributed by atoms with Gasteiger partial charge in [-0.2, -0.15) is 0 Å². The number of rotatable bonds is 4. The van der Waals surface area contributed by atoms with Gasteiger partial charge in [-0.15, -0.1) is 0 Å². The molecule has 6 heteroatoms. The summed E-state index contributed by atoms with van der Waals surface area (Å²) in [6, 6.07) is 2.10. The van der Waals surface area contributed by atoms with Gasteiger partial charge in [0.05, 0.1) is 6.54 Å². The molecule has 1 aliphatic rings. The van der Waals surface area contributed by atoms with E-state index >= 15 is 0 Å². The van der Waals surface area contributed by atoms with Gasteiger partial charge >= 0.3 is 6.09 Å². The highest BCUT2D eigenvalue weighted by Gasteiger charge is 2.29. The lowest BCUT2D eigenvalue weighted by molar-refractivity contribution is 0.0454. The van der Waals surface area contributed by atoms with Gasteiger partial charge in [0.2, 0.25) is 0 Å². The fourth-order valence-corrected chi connectivity index (χ4v) is 2.96. The van der Waals surface area contributed by atoms with Crippen LogP contribution < -0.4 is 5.32 Å². The second kappa shape index (κ2) is 7.73. The Morgan fingerprint density at radius 3 is 2.74 bits per heavy atom. The number of nitrogens with zero attached hydrogens (tertiary/aromatic N) is 3. The van der Waals surface area contributed by atoms with Crippen LogP contribution in [0.3, 0.4) is 0 Å². The molecule has 0 saturated carbocycles. The summed E-state index contributed by atoms with van der Waals surface area (Å²) in [5.41, 5.74) is -0.472. The molecule has 2 rings (SSSR count). The lowest BCUT2D eigenvalue weighted by Gasteiger charge is -2.39. The van der Waals surface area contributed by atoms with Crippen LogP contribution in [0.5, 0.6) is 0 Å². The van der Waals surface area contributed by atoms with Crippen molar-refractivity contribution in [2.24, 2.45) is 5.92 Å². The highest BCUT2D eigenvalue weighted by atomic mass is 16.6. The smallest absolute Gasteiger partial charge is 0.407 e. The van der Waals surface area contributed by atoms with Crippen molar-refractivity contribution in [3.05, 3.63) is 24.3 Å². The van der Waals surface area contributed by atoms with Crippen molar-refractivity contribution in [1.82, 2.24) is 20.2 Å². The van der Waals surface area contributed by atoms with E-state index in [9.17, 15) is 4.79 Å². The number of amides is 1. The fourth-order valence-electron chi connectivity index (χ4n) is 2.96. The molecule has 1 fully saturated rings. The van der Waals surface area contributed by atoms with Crippen LogP contribution in [-0.4, -0.2) is 45.7 Å². The zero-order chi connectivity index (χ0) is 16.9. The molecule has 23 heavy (non-hydrogen) atoms. The molecule has 1 amide bonds. The average Bonchev–Trinajstić information content (AvgIpc) is 2.46. The molecule has 0 radical (unpaired) electrons. The van der Waals surface area contributed by atoms with Crippen molar-refractivity contribution in [2.45, 2.75) is 58.7 Å². The molecule has 1 saturated heterocycles. The second-order valence-electron chi connectivity index (χ2n) is 7.21. The zero-order valence-electron chi connectivity index (χ0n) is 14.6. The average molecular weight is 320 g/mol. The summed E-state index contributed by atoms with van der Waals surface area (Å²) in [7, 11) is 0. The summed E-state index contributed by atoms with van der Waals surface area (Å²) in [4.78, 5) is 22.9. The number of piperidine rings is 1. The molecule has 2 heterocycles. The number of likely N-dealkylation sites (tertiary alicyclic amines) is 1. The van der Waals surface area contributed by atoms with Crippen LogP contribution in [-0.2, 0) is 11.3 Å². The third kappa shape index (κ3) is 5.78. The van der Waals surface area contributed by atoms with Crippen LogP contribution in [0, 0.1) is 5.92 Å². The molecule has 0 bridgehead atoms. The monoisotopic (exact) mass is 320 g/mol. The molecule has 1 aromatic rings. The van der Waals surface area contributed by atoms with Gasteiger partial charge < -0.3 is 10.1 Å². The van der Waals surface area contributed by atoms with Gasteiger partial charge in [-0.05, 0) is 52.1 Å². The summed E-state index contributed by atoms with van der Waals surface area (Å²) in [6.45, 7) is 10.1. The topological polar surface area (TPSA) is 67.4 Å². The standard InChI is InChI=1S/C17H28N4O2/c1-13-7-5-10-21(12-15-18-8-6-9-19-15)14(13)11-20-16(22)23-17(2,3)4/h6,8-9,13-14H,5,7,10-12H2,1-4H3,(H,20,22). The fraction of sp³-hybridized carbons (Fsp3) is 0.706. The summed E-state index contributed by atoms with van der Waals surface area (Å²) in [5, 5.41) is 2.91. The van der Waals surface area contributed by atoms with E-state index < -0.39 is 5.60 Å². The van der Waals surface area contributed by atoms with E-state index in [4.69, 9.17) is 4.74 Å². The summed E-state index contributed by atoms with van der Waals surface area (Å²) < 4.78 is 5.32. The van der Waals surface area contributed by atoms with Crippen molar-refractivity contribution in [1.29, 1.82) is 0 Å². The normalized spacial score (nSPS) is 22.6. The SMILES string of the molecule is CC1CCCN(Cc2ncccn2)C1CNC(=O)OC(C)(C)C. The number of hydrogen-bond donors (Lipinski definition) is 1. The summed E-state index contributed by atoms with van der Waals surface area (Å²) in [5.74, 6) is 1.34. The zero-order valence-corrected chi connectivity index (χ0v) is 14.6. The Bertz CT molecular complexity index is 501. The van der Waals surface area contributed by atoms with Crippen LogP contribution in [0.4, 0.5) is 4.79 Å². The Labute approximate surface area is 138 Å². The molecule has 2 atom stereocenters. The van der Waals surface area contributed by atoms with E-state index in [2.05, 4.69) is 27.1 Å². The van der Waals surface area contributed by atoms with Gasteiger partial charge in [0.25, 0.3) is 0 Å². The third-order valence-electron chi connectivity index (χ3n) is 4.05. The maximum Gasteiger partial charge on any atom is 0.407 e. The molecule has 1 aliphatic heterocycles. The van der Waals surface area contributed by atoms with Gasteiger partial charge in [0.1, 0.15) is 11.4 Å². The molecule has 0 spiro atoms. The Kier molecular flexibility index (Phi) is 5.93. The van der Waals surface area contributed by atoms with Crippen molar-refractivity contribution in [3.8, 4) is 0 Å². The predicted molar refractivity (Wildman–Crippen MR) is 88.9 cm³/mol. The van der Waals surface area contributed by atoms with Gasteiger partial charge in [-0.3, -0.25) is 4.90 Å². The molecule has 1 aromatic heterocycles. The molecule has 0 aromatic carbocycles. The number of nitrogens with one attached hydrogen (secondary N) is 1. The lowest BCUT2D eigenvalue weighted by Crippen LogP contribution is -2.50. The van der Waals surface area contributed by atoms with Gasteiger partial charge in [0, 0.05) is 25.0 Å². The first-order valence-corrected chi connectivity index (χ1v) is 8.32. The molecular formula is C17H28N4O2. The van der Waals surface area contributed by atoms with E-state index in [-0.39, 0.29) is 12.1 Å². The Hall–Kier alpha value is -1.69. The number of ether oxygens (including phenoxy) is 1. The highest BCUT2D eigenvalue weighted by molar-refractivity contribution is 5.67. The number of aromatic nitrogens is 2. The van der Waals surface area contributed by atoms with Gasteiger partial charge in [-0.1, -0.05) is 6.92 Å². The Morgan fingerprint density at radius 2 is 2.09 bits per heavy atom. The van der Waals surface area contributed by atoms with Crippen molar-refractivity contribution in [2.75, 3.05) is 13.1 Å². The van der Waals surface area contributed by atoms with Crippen LogP contribution in [0.2, 0.25) is 0 Å². The third-order valence-corrected chi connectivity index (χ3v) is 4.05. The Balaban J connectivity index is 1.93. The van der Waals surface area contributed by atoms with Crippen LogP contribution >= 0.6 is 0 Å². The van der Waals surface area contributed by atoms with Crippen LogP contribution in [0.15, 0.2) is 18.5 Å². The largest absolute Gasteiger partial charge is 0.444 e. The number of carbonyl (C=O) groups excluding carboxylic acids is 1. The molecule has 128 valence electrons. The number of carbonyl (C=O) groups is 1. The lowest BCUT2D eigenvalue weighted by atomic mass is 9.90. The molecule has 2 unspecified atom stereocenters. The molecule has 1 N–H and O–H groups in total. The summed E-state index contributed by atoms with van der Waals surface area (Å²) >= 11 is 0. The van der Waals surface area contributed by atoms with Crippen LogP contribution in [0.1, 0.15) is 46.4 Å². The van der Waals surface area contributed by atoms with Crippen molar-refractivity contribution in [3.63, 3.8) is 0 Å². The number of alkyl carbamates (subject to hydrolysis) is 1. The second-order valence-corrected chi connectivity index (χ2v) is 7.21. The number of hydrogen-bond acceptors (Lipinski definition) is 5. The minimum absolute atomic E-state index is 0.278. The van der Waals surface area contributed by atoms with E-state index in [0.29, 0.717) is 19.0 Å². The highest BCUT2D eigenvalue weighted by Crippen LogP contribution is 2.24. The minimum atomic E-state index is -0.472. The first kappa shape index (κ1) is 17.7. The van der Waals surface area contributed by atoms with Crippen molar-refractivity contribution < 1.29 is 9.53 Å². The van der Waals surface area contributed by atoms with E-state index in [1.165, 1.54) is 6.42 Å². The van der Waals surface area contributed by atoms with Crippen molar-refractivity contribution >= 4 is 6.09 Å². The quantitative estimate of drug-likeness (QED) is 0.923. The molecule has 6 nitrogen and oxygen atoms in total. The van der Waals surface area contributed by atoms with Gasteiger partial charge in [0.15, 0.2) is 0 Å². The maximum atomic E-state index is 11.9. The molecule has 0 aliphatic carbocycles. The summed E-state index contributed by atoms with van der Waals surface area (Å²) in [6.07, 6.45) is 5.52. The maximum absolute atomic E-state index is 11.9. The minimum Gasteiger partial charge on any atom is -0.444 e. The van der Waals surface area contributed by atoms with E-state index in [0.717, 1.165) is 18.8 Å². The van der Waals surface area contributed by atoms with E-state index in [1.807, 2.05) is 26.8 Å².